The van der Waals surface area contributed by atoms with Gasteiger partial charge in [-0.15, -0.1) is 0 Å². The zero-order chi connectivity index (χ0) is 51.3. The van der Waals surface area contributed by atoms with Crippen LogP contribution in [0.25, 0.3) is 0 Å². The molecule has 0 radical (unpaired) electrons. The van der Waals surface area contributed by atoms with Crippen LogP contribution in [0.2, 0.25) is 0 Å². The Morgan fingerprint density at radius 3 is 1.27 bits per heavy atom. The Morgan fingerprint density at radius 1 is 0.514 bits per heavy atom. The Morgan fingerprint density at radius 2 is 0.871 bits per heavy atom. The third-order valence-corrected chi connectivity index (χ3v) is 13.9. The summed E-state index contributed by atoms with van der Waals surface area (Å²) in [6.07, 6.45) is 71.3. The SMILES string of the molecule is CC/C=C\C/C=C\C/C=C\C/C=C\C/C=C\CCCCCCCCCCCCCCCCCCCCCC(=O)NC(COP(=O)([O-])OCC[N+](C)(C)C)C(O)/C=C/CCCCCCCCCCCCC. The van der Waals surface area contributed by atoms with E-state index in [0.717, 1.165) is 70.6 Å². The van der Waals surface area contributed by atoms with Crippen molar-refractivity contribution in [2.24, 2.45) is 0 Å². The maximum atomic E-state index is 12.9. The number of carbonyl (C=O) groups excluding carboxylic acids is 1. The summed E-state index contributed by atoms with van der Waals surface area (Å²) in [6, 6.07) is -0.886. The molecule has 0 saturated carbocycles. The normalized spacial score (nSPS) is 14.4. The van der Waals surface area contributed by atoms with E-state index in [1.807, 2.05) is 27.2 Å². The van der Waals surface area contributed by atoms with E-state index in [2.05, 4.69) is 79.9 Å². The maximum Gasteiger partial charge on any atom is 0.268 e. The van der Waals surface area contributed by atoms with E-state index in [9.17, 15) is 19.4 Å². The van der Waals surface area contributed by atoms with Crippen molar-refractivity contribution < 1.29 is 32.9 Å². The Labute approximate surface area is 434 Å². The summed E-state index contributed by atoms with van der Waals surface area (Å²) < 4.78 is 23.3. The summed E-state index contributed by atoms with van der Waals surface area (Å²) in [5.41, 5.74) is 0. The Hall–Kier alpha value is -2.06. The fourth-order valence-electron chi connectivity index (χ4n) is 8.36. The zero-order valence-electron chi connectivity index (χ0n) is 46.5. The minimum absolute atomic E-state index is 0.00146. The topological polar surface area (TPSA) is 108 Å². The molecule has 0 aromatic heterocycles. The van der Waals surface area contributed by atoms with Crippen LogP contribution < -0.4 is 10.2 Å². The Balaban J connectivity index is 4.00. The first kappa shape index (κ1) is 67.9. The van der Waals surface area contributed by atoms with Crippen molar-refractivity contribution in [3.8, 4) is 0 Å². The van der Waals surface area contributed by atoms with Gasteiger partial charge in [0.2, 0.25) is 5.91 Å². The molecule has 1 amide bonds. The van der Waals surface area contributed by atoms with Crippen molar-refractivity contribution >= 4 is 13.7 Å². The number of rotatable bonds is 53. The fourth-order valence-corrected chi connectivity index (χ4v) is 9.08. The first-order chi connectivity index (χ1) is 34.0. The molecule has 3 unspecified atom stereocenters. The van der Waals surface area contributed by atoms with Gasteiger partial charge >= 0.3 is 0 Å². The number of phosphoric ester groups is 1. The zero-order valence-corrected chi connectivity index (χ0v) is 47.4. The molecule has 0 aromatic rings. The highest BCUT2D eigenvalue weighted by molar-refractivity contribution is 7.45. The third kappa shape index (κ3) is 53.7. The molecule has 9 heteroatoms. The Kier molecular flexibility index (Phi) is 50.3. The average molecular weight is 1000 g/mol. The summed E-state index contributed by atoms with van der Waals surface area (Å²) in [5, 5.41) is 13.8. The molecule has 2 N–H and O–H groups in total. The number of nitrogens with one attached hydrogen (secondary N) is 1. The molecule has 0 aliphatic carbocycles. The van der Waals surface area contributed by atoms with Gasteiger partial charge in [0.1, 0.15) is 13.2 Å². The number of amides is 1. The molecular formula is C61H113N2O6P. The number of hydrogen-bond acceptors (Lipinski definition) is 6. The molecule has 0 aromatic carbocycles. The van der Waals surface area contributed by atoms with Crippen LogP contribution in [0, 0.1) is 0 Å². The second-order valence-corrected chi connectivity index (χ2v) is 22.4. The van der Waals surface area contributed by atoms with Gasteiger partial charge in [-0.3, -0.25) is 9.36 Å². The molecule has 0 rings (SSSR count). The molecule has 0 aliphatic heterocycles. The van der Waals surface area contributed by atoms with E-state index in [1.54, 1.807) is 6.08 Å². The van der Waals surface area contributed by atoms with Crippen molar-refractivity contribution in [2.75, 3.05) is 40.9 Å². The molecule has 0 aliphatic rings. The highest BCUT2D eigenvalue weighted by Crippen LogP contribution is 2.38. The number of likely N-dealkylation sites (N-methyl/N-ethyl adjacent to an activating group) is 1. The number of nitrogens with zero attached hydrogens (tertiary/aromatic N) is 1. The molecular weight excluding hydrogens is 888 g/mol. The first-order valence-electron chi connectivity index (χ1n) is 29.3. The van der Waals surface area contributed by atoms with E-state index < -0.39 is 20.0 Å². The van der Waals surface area contributed by atoms with Crippen molar-refractivity contribution in [1.82, 2.24) is 5.32 Å². The van der Waals surface area contributed by atoms with Gasteiger partial charge in [-0.25, -0.2) is 0 Å². The summed E-state index contributed by atoms with van der Waals surface area (Å²) in [6.45, 7) is 4.54. The molecule has 0 fully saturated rings. The molecule has 70 heavy (non-hydrogen) atoms. The lowest BCUT2D eigenvalue weighted by atomic mass is 10.0. The lowest BCUT2D eigenvalue weighted by molar-refractivity contribution is -0.870. The van der Waals surface area contributed by atoms with Crippen LogP contribution >= 0.6 is 7.82 Å². The highest BCUT2D eigenvalue weighted by atomic mass is 31.2. The van der Waals surface area contributed by atoms with E-state index >= 15 is 0 Å². The number of phosphoric acid groups is 1. The number of allylic oxidation sites excluding steroid dienone is 11. The molecule has 8 nitrogen and oxygen atoms in total. The number of aliphatic hydroxyl groups excluding tert-OH is 1. The second kappa shape index (κ2) is 51.8. The largest absolute Gasteiger partial charge is 0.756 e. The lowest BCUT2D eigenvalue weighted by Crippen LogP contribution is -2.45. The summed E-state index contributed by atoms with van der Waals surface area (Å²) in [5.74, 6) is -0.197. The van der Waals surface area contributed by atoms with E-state index in [4.69, 9.17) is 9.05 Å². The van der Waals surface area contributed by atoms with Crippen LogP contribution in [0.5, 0.6) is 0 Å². The van der Waals surface area contributed by atoms with Crippen LogP contribution in [0.1, 0.15) is 258 Å². The summed E-state index contributed by atoms with van der Waals surface area (Å²) in [4.78, 5) is 25.4. The van der Waals surface area contributed by atoms with Crippen molar-refractivity contribution in [1.29, 1.82) is 0 Å². The minimum atomic E-state index is -4.59. The van der Waals surface area contributed by atoms with E-state index in [-0.39, 0.29) is 19.1 Å². The van der Waals surface area contributed by atoms with Crippen LogP contribution in [-0.4, -0.2) is 68.5 Å². The lowest BCUT2D eigenvalue weighted by Gasteiger charge is -2.29. The van der Waals surface area contributed by atoms with Gasteiger partial charge in [0.25, 0.3) is 7.82 Å². The minimum Gasteiger partial charge on any atom is -0.756 e. The fraction of sp³-hybridized carbons (Fsp3) is 0.787. The summed E-state index contributed by atoms with van der Waals surface area (Å²) in [7, 11) is 1.26. The predicted molar refractivity (Wildman–Crippen MR) is 302 cm³/mol. The number of quaternary nitrogens is 1. The molecule has 0 bridgehead atoms. The molecule has 0 saturated heterocycles. The quantitative estimate of drug-likeness (QED) is 0.0272. The highest BCUT2D eigenvalue weighted by Gasteiger charge is 2.23. The van der Waals surface area contributed by atoms with E-state index in [0.29, 0.717) is 17.4 Å². The van der Waals surface area contributed by atoms with Crippen LogP contribution in [-0.2, 0) is 18.4 Å². The van der Waals surface area contributed by atoms with Crippen LogP contribution in [0.3, 0.4) is 0 Å². The van der Waals surface area contributed by atoms with Crippen molar-refractivity contribution in [2.45, 2.75) is 270 Å². The van der Waals surface area contributed by atoms with Gasteiger partial charge in [-0.2, -0.15) is 0 Å². The van der Waals surface area contributed by atoms with Crippen molar-refractivity contribution in [3.05, 3.63) is 72.9 Å². The Bertz CT molecular complexity index is 1370. The summed E-state index contributed by atoms with van der Waals surface area (Å²) >= 11 is 0. The first-order valence-corrected chi connectivity index (χ1v) is 30.8. The van der Waals surface area contributed by atoms with Gasteiger partial charge in [-0.05, 0) is 64.2 Å². The monoisotopic (exact) mass is 1000 g/mol. The number of hydrogen-bond donors (Lipinski definition) is 2. The number of unbranched alkanes of at least 4 members (excludes halogenated alkanes) is 30. The average Bonchev–Trinajstić information content (AvgIpc) is 3.32. The number of aliphatic hydroxyl groups is 1. The third-order valence-electron chi connectivity index (χ3n) is 12.9. The van der Waals surface area contributed by atoms with Gasteiger partial charge < -0.3 is 28.8 Å². The van der Waals surface area contributed by atoms with Crippen LogP contribution in [0.4, 0.5) is 0 Å². The van der Waals surface area contributed by atoms with Gasteiger partial charge in [0.15, 0.2) is 0 Å². The molecule has 408 valence electrons. The molecule has 3 atom stereocenters. The molecule has 0 spiro atoms. The van der Waals surface area contributed by atoms with Gasteiger partial charge in [0.05, 0.1) is 39.9 Å². The van der Waals surface area contributed by atoms with Crippen molar-refractivity contribution in [3.63, 3.8) is 0 Å². The second-order valence-electron chi connectivity index (χ2n) is 21.0. The van der Waals surface area contributed by atoms with Gasteiger partial charge in [0, 0.05) is 6.42 Å². The maximum absolute atomic E-state index is 12.9. The van der Waals surface area contributed by atoms with Crippen LogP contribution in [0.15, 0.2) is 72.9 Å². The number of carbonyl (C=O) groups is 1. The van der Waals surface area contributed by atoms with Gasteiger partial charge in [-0.1, -0.05) is 260 Å². The predicted octanol–water partition coefficient (Wildman–Crippen LogP) is 17.2. The van der Waals surface area contributed by atoms with E-state index in [1.165, 1.54) is 167 Å². The standard InChI is InChI=1S/C61H113N2O6P/c1-6-8-10-12-14-16-18-20-21-22-23-24-25-26-27-28-29-30-31-32-33-34-35-36-37-38-39-40-41-43-45-47-49-51-53-55-61(65)62-59(58-69-70(66,67)68-57-56-63(3,4)5)60(64)54-52-50-48-46-44-42-19-17-15-13-11-9-7-2/h8,10,14,16,20-21,23-24,26-27,52,54,59-60,64H,6-7,9,11-13,15,17-19,22,25,28-51,53,55-58H2,1-5H3,(H-,62,65,66,67)/b10-8-,16-14-,21-20-,24-23-,27-26-,54-52+. The molecule has 0 heterocycles. The smallest absolute Gasteiger partial charge is 0.268 e.